The van der Waals surface area contributed by atoms with Gasteiger partial charge in [0, 0.05) is 18.6 Å². The lowest BCUT2D eigenvalue weighted by Gasteiger charge is -2.17. The van der Waals surface area contributed by atoms with Gasteiger partial charge in [0.25, 0.3) is 11.4 Å². The number of nitro groups is 1. The highest BCUT2D eigenvalue weighted by Gasteiger charge is 2.59. The Labute approximate surface area is 144 Å². The van der Waals surface area contributed by atoms with Gasteiger partial charge in [0.05, 0.1) is 22.1 Å². The van der Waals surface area contributed by atoms with Crippen molar-refractivity contribution in [3.05, 3.63) is 81.0 Å². The Morgan fingerprint density at radius 1 is 1.16 bits per heavy atom. The topological polar surface area (TPSA) is 92.5 Å². The summed E-state index contributed by atoms with van der Waals surface area (Å²) in [6.45, 7) is 3.38. The van der Waals surface area contributed by atoms with E-state index in [0.717, 1.165) is 9.48 Å². The fourth-order valence-electron chi connectivity index (χ4n) is 3.13. The van der Waals surface area contributed by atoms with Crippen molar-refractivity contribution in [1.29, 1.82) is 0 Å². The van der Waals surface area contributed by atoms with Gasteiger partial charge < -0.3 is 5.21 Å². The van der Waals surface area contributed by atoms with Crippen molar-refractivity contribution in [2.75, 3.05) is 0 Å². The summed E-state index contributed by atoms with van der Waals surface area (Å²) in [5.41, 5.74) is 0.261. The SMILES string of the molecule is CCC1=[N+]([O-])[C@](C)(c2cccc([N+](=O)[O-])c2)[N+](O)=C1c1ccccc1. The molecule has 1 atom stereocenters. The first-order chi connectivity index (χ1) is 11.9. The lowest BCUT2D eigenvalue weighted by Crippen LogP contribution is -2.40. The van der Waals surface area contributed by atoms with Crippen LogP contribution in [0, 0.1) is 15.3 Å². The zero-order valence-electron chi connectivity index (χ0n) is 13.9. The average molecular weight is 340 g/mol. The van der Waals surface area contributed by atoms with E-state index < -0.39 is 10.6 Å². The first kappa shape index (κ1) is 16.6. The quantitative estimate of drug-likeness (QED) is 0.304. The number of hydrogen-bond donors (Lipinski definition) is 1. The Morgan fingerprint density at radius 2 is 1.84 bits per heavy atom. The second-order valence-electron chi connectivity index (χ2n) is 5.95. The molecule has 3 rings (SSSR count). The smallest absolute Gasteiger partial charge is 0.431 e. The molecule has 2 aromatic rings. The summed E-state index contributed by atoms with van der Waals surface area (Å²) >= 11 is 0. The van der Waals surface area contributed by atoms with Gasteiger partial charge in [0.1, 0.15) is 5.56 Å². The van der Waals surface area contributed by atoms with E-state index in [4.69, 9.17) is 0 Å². The highest BCUT2D eigenvalue weighted by molar-refractivity contribution is 6.44. The number of nitrogens with zero attached hydrogens (tertiary/aromatic N) is 3. The largest absolute Gasteiger partial charge is 0.618 e. The third-order valence-corrected chi connectivity index (χ3v) is 4.52. The van der Waals surface area contributed by atoms with E-state index in [0.29, 0.717) is 29.0 Å². The van der Waals surface area contributed by atoms with E-state index in [1.165, 1.54) is 18.2 Å². The predicted octanol–water partition coefficient (Wildman–Crippen LogP) is 3.03. The Morgan fingerprint density at radius 3 is 2.44 bits per heavy atom. The first-order valence-electron chi connectivity index (χ1n) is 7.91. The molecular weight excluding hydrogens is 322 g/mol. The fourth-order valence-corrected chi connectivity index (χ4v) is 3.13. The molecule has 0 aliphatic carbocycles. The molecule has 7 nitrogen and oxygen atoms in total. The molecule has 2 aromatic carbocycles. The highest BCUT2D eigenvalue weighted by atomic mass is 16.6. The number of hydrogen-bond acceptors (Lipinski definition) is 4. The molecule has 0 saturated carbocycles. The van der Waals surface area contributed by atoms with Crippen LogP contribution in [0.4, 0.5) is 5.69 Å². The summed E-state index contributed by atoms with van der Waals surface area (Å²) in [5.74, 6) is 0. The molecule has 128 valence electrons. The number of benzene rings is 2. The maximum atomic E-state index is 13.0. The molecule has 7 heteroatoms. The van der Waals surface area contributed by atoms with Gasteiger partial charge in [-0.05, 0) is 18.2 Å². The molecule has 1 heterocycles. The standard InChI is InChI=1S/C18H18N3O4/c1-3-16-17(13-8-5-4-6-9-13)20(23)18(2,19(16)22)14-10-7-11-15(12-14)21(24)25/h4-12,23H,3H2,1-2H3/q+1/t18-/m0/s1. The molecule has 0 aromatic heterocycles. The van der Waals surface area contributed by atoms with Crippen molar-refractivity contribution in [2.45, 2.75) is 25.9 Å². The van der Waals surface area contributed by atoms with Crippen LogP contribution < -0.4 is 0 Å². The van der Waals surface area contributed by atoms with E-state index in [1.807, 2.05) is 25.1 Å². The van der Waals surface area contributed by atoms with Crippen LogP contribution >= 0.6 is 0 Å². The molecule has 0 bridgehead atoms. The number of nitro benzene ring substituents is 1. The molecule has 25 heavy (non-hydrogen) atoms. The Kier molecular flexibility index (Phi) is 4.00. The van der Waals surface area contributed by atoms with E-state index in [9.17, 15) is 20.5 Å². The monoisotopic (exact) mass is 340 g/mol. The molecule has 0 amide bonds. The second kappa shape index (κ2) is 6.01. The Bertz CT molecular complexity index is 906. The van der Waals surface area contributed by atoms with E-state index in [1.54, 1.807) is 25.1 Å². The molecule has 0 radical (unpaired) electrons. The minimum atomic E-state index is -1.48. The summed E-state index contributed by atoms with van der Waals surface area (Å²) in [4.78, 5) is 10.5. The zero-order chi connectivity index (χ0) is 18.2. The van der Waals surface area contributed by atoms with Gasteiger partial charge in [-0.25, -0.2) is 0 Å². The van der Waals surface area contributed by atoms with Gasteiger partial charge in [0.15, 0.2) is 0 Å². The molecule has 1 aliphatic heterocycles. The zero-order valence-corrected chi connectivity index (χ0v) is 13.9. The molecule has 0 spiro atoms. The number of hydroxylamine groups is 2. The highest BCUT2D eigenvalue weighted by Crippen LogP contribution is 2.33. The van der Waals surface area contributed by atoms with E-state index in [2.05, 4.69) is 0 Å². The number of non-ortho nitro benzene ring substituents is 1. The Balaban J connectivity index is 2.25. The summed E-state index contributed by atoms with van der Waals surface area (Å²) in [6.07, 6.45) is 0.412. The molecule has 0 fully saturated rings. The van der Waals surface area contributed by atoms with Crippen molar-refractivity contribution in [1.82, 2.24) is 0 Å². The summed E-state index contributed by atoms with van der Waals surface area (Å²) in [5, 5.41) is 35.0. The van der Waals surface area contributed by atoms with Crippen molar-refractivity contribution in [3.8, 4) is 0 Å². The van der Waals surface area contributed by atoms with Crippen molar-refractivity contribution < 1.29 is 19.6 Å². The van der Waals surface area contributed by atoms with Crippen LogP contribution in [-0.2, 0) is 5.66 Å². The van der Waals surface area contributed by atoms with Crippen LogP contribution in [0.15, 0.2) is 54.6 Å². The molecule has 0 unspecified atom stereocenters. The third kappa shape index (κ3) is 2.44. The van der Waals surface area contributed by atoms with Gasteiger partial charge in [0.2, 0.25) is 0 Å². The molecule has 1 aliphatic rings. The molecule has 1 N–H and O–H groups in total. The summed E-state index contributed by atoms with van der Waals surface area (Å²) < 4.78 is 1.64. The normalized spacial score (nSPS) is 20.2. The maximum absolute atomic E-state index is 13.0. The van der Waals surface area contributed by atoms with Gasteiger partial charge in [-0.1, -0.05) is 31.2 Å². The van der Waals surface area contributed by atoms with E-state index >= 15 is 0 Å². The second-order valence-corrected chi connectivity index (χ2v) is 5.95. The molecule has 0 saturated heterocycles. The lowest BCUT2D eigenvalue weighted by molar-refractivity contribution is -0.930. The molecular formula is C18H18N3O4+. The van der Waals surface area contributed by atoms with Crippen LogP contribution in [0.5, 0.6) is 0 Å². The number of rotatable bonds is 4. The lowest BCUT2D eigenvalue weighted by atomic mass is 10.0. The van der Waals surface area contributed by atoms with Gasteiger partial charge in [-0.2, -0.15) is 0 Å². The average Bonchev–Trinajstić information content (AvgIpc) is 2.84. The fraction of sp³-hybridized carbons (Fsp3) is 0.222. The minimum absolute atomic E-state index is 0.133. The van der Waals surface area contributed by atoms with Crippen LogP contribution in [0.25, 0.3) is 0 Å². The van der Waals surface area contributed by atoms with Crippen LogP contribution in [0.3, 0.4) is 0 Å². The summed E-state index contributed by atoms with van der Waals surface area (Å²) in [6, 6.07) is 14.9. The maximum Gasteiger partial charge on any atom is 0.431 e. The third-order valence-electron chi connectivity index (χ3n) is 4.52. The van der Waals surface area contributed by atoms with Gasteiger partial charge in [-0.15, -0.1) is 4.74 Å². The van der Waals surface area contributed by atoms with Crippen LogP contribution in [0.1, 0.15) is 31.4 Å². The summed E-state index contributed by atoms with van der Waals surface area (Å²) in [7, 11) is 0. The van der Waals surface area contributed by atoms with E-state index in [-0.39, 0.29) is 5.69 Å². The first-order valence-corrected chi connectivity index (χ1v) is 7.91. The van der Waals surface area contributed by atoms with Gasteiger partial charge in [-0.3, -0.25) is 15.3 Å². The van der Waals surface area contributed by atoms with Crippen molar-refractivity contribution >= 4 is 17.1 Å². The predicted molar refractivity (Wildman–Crippen MR) is 92.0 cm³/mol. The van der Waals surface area contributed by atoms with Crippen molar-refractivity contribution in [2.24, 2.45) is 0 Å². The van der Waals surface area contributed by atoms with Gasteiger partial charge >= 0.3 is 11.4 Å². The van der Waals surface area contributed by atoms with Crippen LogP contribution in [0.2, 0.25) is 0 Å². The van der Waals surface area contributed by atoms with Crippen molar-refractivity contribution in [3.63, 3.8) is 0 Å². The van der Waals surface area contributed by atoms with Crippen LogP contribution in [-0.4, -0.2) is 31.0 Å². The minimum Gasteiger partial charge on any atom is -0.618 e. The Hall–Kier alpha value is -3.22.